The van der Waals surface area contributed by atoms with E-state index in [9.17, 15) is 23.6 Å². The highest BCUT2D eigenvalue weighted by molar-refractivity contribution is 6.36. The number of nitrogens with zero attached hydrogens (tertiary/aromatic N) is 2. The maximum Gasteiger partial charge on any atom is 0.275 e. The van der Waals surface area contributed by atoms with Gasteiger partial charge in [-0.3, -0.25) is 19.2 Å². The molecule has 2 fully saturated rings. The van der Waals surface area contributed by atoms with Gasteiger partial charge in [0.15, 0.2) is 5.78 Å². The van der Waals surface area contributed by atoms with Crippen molar-refractivity contribution in [1.82, 2.24) is 10.0 Å². The van der Waals surface area contributed by atoms with Crippen molar-refractivity contribution in [2.24, 2.45) is 23.7 Å². The lowest BCUT2D eigenvalue weighted by Gasteiger charge is -2.37. The van der Waals surface area contributed by atoms with Crippen LogP contribution in [0.4, 0.5) is 4.39 Å². The summed E-state index contributed by atoms with van der Waals surface area (Å²) < 4.78 is 13.5. The van der Waals surface area contributed by atoms with Crippen molar-refractivity contribution in [3.63, 3.8) is 0 Å². The van der Waals surface area contributed by atoms with Gasteiger partial charge in [-0.15, -0.1) is 11.6 Å². The predicted octanol–water partition coefficient (Wildman–Crippen LogP) is 5.18. The third kappa shape index (κ3) is 4.03. The van der Waals surface area contributed by atoms with Crippen molar-refractivity contribution < 1.29 is 23.6 Å². The molecule has 1 aliphatic heterocycles. The van der Waals surface area contributed by atoms with E-state index >= 15 is 0 Å². The average Bonchev–Trinajstić information content (AvgIpc) is 3.53. The molecule has 0 N–H and O–H groups in total. The van der Waals surface area contributed by atoms with E-state index in [1.165, 1.54) is 30.3 Å². The molecule has 2 aromatic rings. The molecular weight excluding hydrogens is 530 g/mol. The number of allylic oxidation sites excluding steroid dienone is 2. The summed E-state index contributed by atoms with van der Waals surface area (Å²) in [6, 6.07) is 7.66. The number of rotatable bonds is 7. The van der Waals surface area contributed by atoms with Crippen LogP contribution in [0.1, 0.15) is 33.6 Å². The molecule has 5 rings (SSSR count). The molecule has 36 heavy (non-hydrogen) atoms. The minimum Gasteiger partial charge on any atom is -0.292 e. The Morgan fingerprint density at radius 2 is 1.61 bits per heavy atom. The van der Waals surface area contributed by atoms with Crippen molar-refractivity contribution in [2.75, 3.05) is 5.88 Å². The van der Waals surface area contributed by atoms with E-state index in [0.717, 1.165) is 22.2 Å². The minimum absolute atomic E-state index is 0.00243. The number of hydrogen-bond acceptors (Lipinski definition) is 4. The lowest BCUT2D eigenvalue weighted by atomic mass is 9.85. The summed E-state index contributed by atoms with van der Waals surface area (Å²) in [5.41, 5.74) is 0.0684. The molecule has 0 spiro atoms. The van der Waals surface area contributed by atoms with Gasteiger partial charge in [0.25, 0.3) is 17.7 Å². The van der Waals surface area contributed by atoms with Crippen LogP contribution in [0.25, 0.3) is 0 Å². The Morgan fingerprint density at radius 3 is 2.17 bits per heavy atom. The maximum absolute atomic E-state index is 13.9. The predicted molar refractivity (Wildman–Crippen MR) is 132 cm³/mol. The van der Waals surface area contributed by atoms with E-state index in [-0.39, 0.29) is 45.3 Å². The fraction of sp³-hybridized carbons (Fsp3) is 0.308. The summed E-state index contributed by atoms with van der Waals surface area (Å²) in [4.78, 5) is 54.9. The van der Waals surface area contributed by atoms with Crippen LogP contribution in [0.3, 0.4) is 0 Å². The zero-order valence-corrected chi connectivity index (χ0v) is 21.0. The van der Waals surface area contributed by atoms with Gasteiger partial charge in [-0.05, 0) is 67.1 Å². The highest BCUT2D eigenvalue weighted by Crippen LogP contribution is 2.53. The molecule has 3 aliphatic rings. The number of alkyl halides is 1. The lowest BCUT2D eigenvalue weighted by molar-refractivity contribution is -0.157. The number of carbonyl (C=O) groups is 4. The summed E-state index contributed by atoms with van der Waals surface area (Å²) >= 11 is 18.3. The summed E-state index contributed by atoms with van der Waals surface area (Å²) in [5.74, 6) is -4.46. The van der Waals surface area contributed by atoms with Crippen molar-refractivity contribution in [3.05, 3.63) is 81.6 Å². The molecule has 1 saturated heterocycles. The van der Waals surface area contributed by atoms with Crippen LogP contribution in [-0.4, -0.2) is 45.4 Å². The summed E-state index contributed by atoms with van der Waals surface area (Å²) in [6.45, 7) is 0. The van der Waals surface area contributed by atoms with Gasteiger partial charge in [0, 0.05) is 16.5 Å². The highest BCUT2D eigenvalue weighted by Gasteiger charge is 2.62. The van der Waals surface area contributed by atoms with Gasteiger partial charge in [-0.1, -0.05) is 35.4 Å². The van der Waals surface area contributed by atoms with Gasteiger partial charge in [0.2, 0.25) is 0 Å². The molecule has 0 radical (unpaired) electrons. The third-order valence-corrected chi connectivity index (χ3v) is 7.91. The van der Waals surface area contributed by atoms with E-state index in [2.05, 4.69) is 0 Å². The smallest absolute Gasteiger partial charge is 0.275 e. The molecule has 186 valence electrons. The molecule has 2 aliphatic carbocycles. The number of hydrogen-bond donors (Lipinski definition) is 0. The molecule has 6 nitrogen and oxygen atoms in total. The monoisotopic (exact) mass is 548 g/mol. The average molecular weight is 550 g/mol. The molecule has 0 unspecified atom stereocenters. The van der Waals surface area contributed by atoms with Crippen LogP contribution in [0.2, 0.25) is 10.0 Å². The normalized spacial score (nSPS) is 24.8. The first-order valence-corrected chi connectivity index (χ1v) is 12.7. The molecular formula is C26H20Cl3FN2O4. The van der Waals surface area contributed by atoms with E-state index < -0.39 is 47.2 Å². The standard InChI is InChI=1S/C26H20Cl3FN2O4/c27-10-9-20(23(33)13-3-6-17(30)7-4-13)31(24(34)18-8-5-16(28)12-19(18)29)32-25(35)21-14-1-2-15(11-14)22(21)26(32)36/h1-8,12,14-15,20-22H,9-11H2/t14-,15-,20-,21+,22+/m0/s1. The Bertz CT molecular complexity index is 1270. The number of halogens is 4. The topological polar surface area (TPSA) is 74.8 Å². The van der Waals surface area contributed by atoms with Gasteiger partial charge in [0.05, 0.1) is 22.4 Å². The minimum atomic E-state index is -1.32. The number of carbonyl (C=O) groups excluding carboxylic acids is 4. The van der Waals surface area contributed by atoms with Gasteiger partial charge in [-0.2, -0.15) is 5.01 Å². The second-order valence-corrected chi connectivity index (χ2v) is 10.3. The van der Waals surface area contributed by atoms with Crippen molar-refractivity contribution in [2.45, 2.75) is 18.9 Å². The second-order valence-electron chi connectivity index (χ2n) is 9.13. The Hall–Kier alpha value is -2.74. The van der Waals surface area contributed by atoms with Crippen molar-refractivity contribution in [3.8, 4) is 0 Å². The molecule has 2 aromatic carbocycles. The zero-order chi connectivity index (χ0) is 25.7. The Morgan fingerprint density at radius 1 is 1.00 bits per heavy atom. The third-order valence-electron chi connectivity index (χ3n) is 7.14. The second kappa shape index (κ2) is 9.61. The first-order chi connectivity index (χ1) is 17.2. The van der Waals surface area contributed by atoms with E-state index in [0.29, 0.717) is 6.42 Å². The molecule has 2 bridgehead atoms. The molecule has 5 atom stereocenters. The highest BCUT2D eigenvalue weighted by atomic mass is 35.5. The first-order valence-electron chi connectivity index (χ1n) is 11.4. The van der Waals surface area contributed by atoms with Crippen LogP contribution in [-0.2, 0) is 9.59 Å². The van der Waals surface area contributed by atoms with Crippen LogP contribution < -0.4 is 0 Å². The summed E-state index contributed by atoms with van der Waals surface area (Å²) in [7, 11) is 0. The molecule has 0 aromatic heterocycles. The molecule has 1 saturated carbocycles. The van der Waals surface area contributed by atoms with E-state index in [1.54, 1.807) is 0 Å². The quantitative estimate of drug-likeness (QED) is 0.207. The van der Waals surface area contributed by atoms with Gasteiger partial charge < -0.3 is 0 Å². The zero-order valence-electron chi connectivity index (χ0n) is 18.7. The largest absolute Gasteiger partial charge is 0.292 e. The van der Waals surface area contributed by atoms with Crippen molar-refractivity contribution >= 4 is 58.3 Å². The van der Waals surface area contributed by atoms with E-state index in [4.69, 9.17) is 34.8 Å². The number of amides is 3. The molecule has 3 amide bonds. The Labute approximate surface area is 221 Å². The van der Waals surface area contributed by atoms with Crippen LogP contribution in [0.5, 0.6) is 0 Å². The lowest BCUT2D eigenvalue weighted by Crippen LogP contribution is -2.58. The number of hydrazine groups is 1. The van der Waals surface area contributed by atoms with Crippen molar-refractivity contribution in [1.29, 1.82) is 0 Å². The first kappa shape index (κ1) is 24.9. The van der Waals surface area contributed by atoms with E-state index in [1.807, 2.05) is 12.2 Å². The van der Waals surface area contributed by atoms with Crippen LogP contribution >= 0.6 is 34.8 Å². The van der Waals surface area contributed by atoms with Gasteiger partial charge >= 0.3 is 0 Å². The van der Waals surface area contributed by atoms with Crippen LogP contribution in [0, 0.1) is 29.5 Å². The molecule has 1 heterocycles. The van der Waals surface area contributed by atoms with Gasteiger partial charge in [-0.25, -0.2) is 9.40 Å². The number of fused-ring (bicyclic) bond motifs is 5. The Balaban J connectivity index is 1.61. The fourth-order valence-corrected chi connectivity index (χ4v) is 6.23. The Kier molecular flexibility index (Phi) is 6.66. The van der Waals surface area contributed by atoms with Crippen LogP contribution in [0.15, 0.2) is 54.6 Å². The van der Waals surface area contributed by atoms with Gasteiger partial charge in [0.1, 0.15) is 11.9 Å². The number of ketones is 1. The number of benzene rings is 2. The summed E-state index contributed by atoms with van der Waals surface area (Å²) in [5, 5.41) is 1.99. The SMILES string of the molecule is O=C(c1ccc(F)cc1)[C@H](CCCl)N(C(=O)c1ccc(Cl)cc1Cl)N1C(=O)[C@H]2[C@H](C1=O)[C@H]1C=C[C@H]2C1. The molecule has 10 heteroatoms. The number of Topliss-reactive ketones (excluding diaryl/α,β-unsaturated/α-hetero) is 1. The summed E-state index contributed by atoms with van der Waals surface area (Å²) in [6.07, 6.45) is 4.51. The number of imide groups is 1. The fourth-order valence-electron chi connectivity index (χ4n) is 5.53. The maximum atomic E-state index is 13.9.